The fourth-order valence-corrected chi connectivity index (χ4v) is 3.69. The summed E-state index contributed by atoms with van der Waals surface area (Å²) in [5, 5.41) is 4.38. The maximum Gasteiger partial charge on any atom is 0.253 e. The molecule has 0 radical (unpaired) electrons. The first kappa shape index (κ1) is 18.0. The molecule has 1 aromatic heterocycles. The first-order chi connectivity index (χ1) is 12.1. The largest absolute Gasteiger partial charge is 0.336 e. The Kier molecular flexibility index (Phi) is 5.81. The van der Waals surface area contributed by atoms with Crippen molar-refractivity contribution in [1.29, 1.82) is 0 Å². The number of rotatable bonds is 5. The summed E-state index contributed by atoms with van der Waals surface area (Å²) in [5.74, 6) is 1.29. The number of aromatic nitrogens is 2. The second kappa shape index (κ2) is 8.06. The van der Waals surface area contributed by atoms with Gasteiger partial charge in [-0.15, -0.1) is 0 Å². The minimum Gasteiger partial charge on any atom is -0.336 e. The van der Waals surface area contributed by atoms with Crippen molar-refractivity contribution in [2.45, 2.75) is 6.92 Å². The number of aryl methyl sites for hydroxylation is 2. The minimum absolute atomic E-state index is 0.138. The van der Waals surface area contributed by atoms with E-state index in [9.17, 15) is 4.79 Å². The molecule has 1 amide bonds. The van der Waals surface area contributed by atoms with Crippen LogP contribution in [0.15, 0.2) is 30.5 Å². The highest BCUT2D eigenvalue weighted by Crippen LogP contribution is 2.23. The molecule has 1 saturated heterocycles. The lowest BCUT2D eigenvalue weighted by Gasteiger charge is -2.34. The van der Waals surface area contributed by atoms with Gasteiger partial charge in [0.2, 0.25) is 0 Å². The Labute approximate surface area is 154 Å². The van der Waals surface area contributed by atoms with E-state index in [1.165, 1.54) is 0 Å². The molecule has 2 heterocycles. The Morgan fingerprint density at radius 3 is 2.40 bits per heavy atom. The number of amides is 1. The zero-order valence-electron chi connectivity index (χ0n) is 15.2. The zero-order chi connectivity index (χ0) is 17.8. The Morgan fingerprint density at radius 1 is 1.16 bits per heavy atom. The van der Waals surface area contributed by atoms with Crippen LogP contribution in [-0.2, 0) is 7.05 Å². The van der Waals surface area contributed by atoms with Crippen molar-refractivity contribution in [3.8, 4) is 11.1 Å². The van der Waals surface area contributed by atoms with Gasteiger partial charge in [0.25, 0.3) is 5.91 Å². The van der Waals surface area contributed by atoms with Gasteiger partial charge in [0.15, 0.2) is 0 Å². The first-order valence-corrected chi connectivity index (χ1v) is 10.1. The number of carbonyl (C=O) groups is 1. The van der Waals surface area contributed by atoms with Gasteiger partial charge in [-0.3, -0.25) is 14.4 Å². The van der Waals surface area contributed by atoms with Crippen LogP contribution in [0.1, 0.15) is 16.1 Å². The van der Waals surface area contributed by atoms with Gasteiger partial charge < -0.3 is 4.90 Å². The van der Waals surface area contributed by atoms with Crippen molar-refractivity contribution < 1.29 is 4.79 Å². The van der Waals surface area contributed by atoms with E-state index in [1.807, 2.05) is 65.8 Å². The van der Waals surface area contributed by atoms with Crippen LogP contribution in [0, 0.1) is 6.92 Å². The molecule has 5 nitrogen and oxygen atoms in total. The van der Waals surface area contributed by atoms with Crippen molar-refractivity contribution in [3.05, 3.63) is 41.7 Å². The van der Waals surface area contributed by atoms with Gasteiger partial charge in [0.05, 0.1) is 5.69 Å². The van der Waals surface area contributed by atoms with Crippen molar-refractivity contribution in [3.63, 3.8) is 0 Å². The first-order valence-electron chi connectivity index (χ1n) is 8.69. The average molecular weight is 359 g/mol. The van der Waals surface area contributed by atoms with E-state index in [0.29, 0.717) is 0 Å². The summed E-state index contributed by atoms with van der Waals surface area (Å²) in [5.41, 5.74) is 3.98. The molecule has 0 atom stereocenters. The van der Waals surface area contributed by atoms with E-state index < -0.39 is 0 Å². The third kappa shape index (κ3) is 4.25. The number of hydrogen-bond donors (Lipinski definition) is 0. The van der Waals surface area contributed by atoms with Crippen LogP contribution in [0.5, 0.6) is 0 Å². The quantitative estimate of drug-likeness (QED) is 0.824. The third-order valence-corrected chi connectivity index (χ3v) is 5.32. The van der Waals surface area contributed by atoms with Crippen LogP contribution in [0.3, 0.4) is 0 Å². The standard InChI is InChI=1S/C19H26N4OS/c1-15-18(14-21(2)20-15)16-4-6-17(7-5-16)19(24)23-10-8-22(9-11-23)12-13-25-3/h4-7,14H,8-13H2,1-3H3. The van der Waals surface area contributed by atoms with Crippen LogP contribution in [-0.4, -0.2) is 70.2 Å². The number of benzene rings is 1. The number of hydrogen-bond acceptors (Lipinski definition) is 4. The summed E-state index contributed by atoms with van der Waals surface area (Å²) in [7, 11) is 1.92. The SMILES string of the molecule is CSCCN1CCN(C(=O)c2ccc(-c3cn(C)nc3C)cc2)CC1. The highest BCUT2D eigenvalue weighted by atomic mass is 32.2. The molecule has 0 aliphatic carbocycles. The molecule has 1 fully saturated rings. The molecular formula is C19H26N4OS. The molecule has 134 valence electrons. The van der Waals surface area contributed by atoms with E-state index >= 15 is 0 Å². The highest BCUT2D eigenvalue weighted by Gasteiger charge is 2.21. The smallest absolute Gasteiger partial charge is 0.253 e. The lowest BCUT2D eigenvalue weighted by molar-refractivity contribution is 0.0644. The third-order valence-electron chi connectivity index (χ3n) is 4.73. The summed E-state index contributed by atoms with van der Waals surface area (Å²) >= 11 is 1.87. The van der Waals surface area contributed by atoms with Crippen LogP contribution >= 0.6 is 11.8 Å². The highest BCUT2D eigenvalue weighted by molar-refractivity contribution is 7.98. The van der Waals surface area contributed by atoms with E-state index in [2.05, 4.69) is 16.3 Å². The lowest BCUT2D eigenvalue weighted by atomic mass is 10.0. The molecule has 0 bridgehead atoms. The van der Waals surface area contributed by atoms with Crippen molar-refractivity contribution in [1.82, 2.24) is 19.6 Å². The molecular weight excluding hydrogens is 332 g/mol. The normalized spacial score (nSPS) is 15.6. The van der Waals surface area contributed by atoms with Gasteiger partial charge in [-0.2, -0.15) is 16.9 Å². The predicted octanol–water partition coefficient (Wildman–Crippen LogP) is 2.52. The van der Waals surface area contributed by atoms with E-state index in [0.717, 1.165) is 60.9 Å². The molecule has 0 N–H and O–H groups in total. The Hall–Kier alpha value is -1.79. The molecule has 0 saturated carbocycles. The van der Waals surface area contributed by atoms with Crippen LogP contribution < -0.4 is 0 Å². The fourth-order valence-electron chi connectivity index (χ4n) is 3.25. The Bertz CT molecular complexity index is 718. The van der Waals surface area contributed by atoms with Crippen molar-refractivity contribution in [2.24, 2.45) is 7.05 Å². The van der Waals surface area contributed by atoms with Gasteiger partial charge in [0, 0.05) is 62.8 Å². The van der Waals surface area contributed by atoms with E-state index in [1.54, 1.807) is 0 Å². The second-order valence-corrected chi connectivity index (χ2v) is 7.49. The monoisotopic (exact) mass is 358 g/mol. The van der Waals surface area contributed by atoms with Gasteiger partial charge in [-0.25, -0.2) is 0 Å². The molecule has 3 rings (SSSR count). The maximum atomic E-state index is 12.7. The second-order valence-electron chi connectivity index (χ2n) is 6.51. The Balaban J connectivity index is 1.63. The molecule has 1 aliphatic rings. The summed E-state index contributed by atoms with van der Waals surface area (Å²) in [4.78, 5) is 17.1. The number of piperazine rings is 1. The number of nitrogens with zero attached hydrogens (tertiary/aromatic N) is 4. The zero-order valence-corrected chi connectivity index (χ0v) is 16.1. The summed E-state index contributed by atoms with van der Waals surface area (Å²) in [6.45, 7) is 6.69. The molecule has 1 aromatic carbocycles. The summed E-state index contributed by atoms with van der Waals surface area (Å²) in [6, 6.07) is 7.91. The lowest BCUT2D eigenvalue weighted by Crippen LogP contribution is -2.49. The molecule has 2 aromatic rings. The van der Waals surface area contributed by atoms with E-state index in [4.69, 9.17) is 0 Å². The molecule has 0 spiro atoms. The number of carbonyl (C=O) groups excluding carboxylic acids is 1. The molecule has 25 heavy (non-hydrogen) atoms. The van der Waals surface area contributed by atoms with Gasteiger partial charge in [-0.1, -0.05) is 12.1 Å². The average Bonchev–Trinajstić information content (AvgIpc) is 2.98. The van der Waals surface area contributed by atoms with Gasteiger partial charge in [0.1, 0.15) is 0 Å². The summed E-state index contributed by atoms with van der Waals surface area (Å²) < 4.78 is 1.82. The van der Waals surface area contributed by atoms with Crippen molar-refractivity contribution >= 4 is 17.7 Å². The minimum atomic E-state index is 0.138. The molecule has 1 aliphatic heterocycles. The van der Waals surface area contributed by atoms with Crippen LogP contribution in [0.2, 0.25) is 0 Å². The predicted molar refractivity (Wildman–Crippen MR) is 104 cm³/mol. The van der Waals surface area contributed by atoms with Gasteiger partial charge >= 0.3 is 0 Å². The fraction of sp³-hybridized carbons (Fsp3) is 0.474. The summed E-state index contributed by atoms with van der Waals surface area (Å²) in [6.07, 6.45) is 4.15. The maximum absolute atomic E-state index is 12.7. The van der Waals surface area contributed by atoms with Crippen molar-refractivity contribution in [2.75, 3.05) is 44.7 Å². The molecule has 0 unspecified atom stereocenters. The number of thioether (sulfide) groups is 1. The topological polar surface area (TPSA) is 41.4 Å². The molecule has 6 heteroatoms. The van der Waals surface area contributed by atoms with Crippen LogP contribution in [0.4, 0.5) is 0 Å². The van der Waals surface area contributed by atoms with Crippen LogP contribution in [0.25, 0.3) is 11.1 Å². The Morgan fingerprint density at radius 2 is 1.84 bits per heavy atom. The van der Waals surface area contributed by atoms with E-state index in [-0.39, 0.29) is 5.91 Å². The van der Waals surface area contributed by atoms with Gasteiger partial charge in [-0.05, 0) is 30.9 Å².